The lowest BCUT2D eigenvalue weighted by atomic mass is 10.0. The summed E-state index contributed by atoms with van der Waals surface area (Å²) in [4.78, 5) is 0. The van der Waals surface area contributed by atoms with Crippen molar-refractivity contribution in [3.63, 3.8) is 0 Å². The summed E-state index contributed by atoms with van der Waals surface area (Å²) in [5.41, 5.74) is 2.10. The molecule has 0 saturated heterocycles. The molecule has 0 radical (unpaired) electrons. The normalized spacial score (nSPS) is 12.4. The van der Waals surface area contributed by atoms with Gasteiger partial charge in [0.1, 0.15) is 0 Å². The van der Waals surface area contributed by atoms with Crippen molar-refractivity contribution in [2.75, 3.05) is 0 Å². The molecule has 4 heteroatoms. The van der Waals surface area contributed by atoms with E-state index in [0.29, 0.717) is 17.4 Å². The summed E-state index contributed by atoms with van der Waals surface area (Å²) in [6.07, 6.45) is 4.20. The molecule has 0 aliphatic carbocycles. The van der Waals surface area contributed by atoms with Crippen LogP contribution >= 0.6 is 11.6 Å². The van der Waals surface area contributed by atoms with Crippen LogP contribution < -0.4 is 0 Å². The molecule has 19 heavy (non-hydrogen) atoms. The van der Waals surface area contributed by atoms with Crippen molar-refractivity contribution >= 4 is 11.6 Å². The zero-order chi connectivity index (χ0) is 13.8. The van der Waals surface area contributed by atoms with E-state index in [1.54, 1.807) is 0 Å². The molecule has 0 fully saturated rings. The second-order valence-corrected chi connectivity index (χ2v) is 5.22. The van der Waals surface area contributed by atoms with E-state index in [2.05, 4.69) is 25.0 Å². The summed E-state index contributed by atoms with van der Waals surface area (Å²) >= 11 is 6.22. The molecule has 0 amide bonds. The first kappa shape index (κ1) is 13.6. The molecule has 0 N–H and O–H groups in total. The zero-order valence-electron chi connectivity index (χ0n) is 11.0. The predicted molar refractivity (Wildman–Crippen MR) is 76.1 cm³/mol. The predicted octanol–water partition coefficient (Wildman–Crippen LogP) is 4.16. The Bertz CT molecular complexity index is 595. The summed E-state index contributed by atoms with van der Waals surface area (Å²) in [5.74, 6) is 0.419. The highest BCUT2D eigenvalue weighted by atomic mass is 35.5. The number of hydrogen-bond donors (Lipinski definition) is 0. The van der Waals surface area contributed by atoms with E-state index in [1.165, 1.54) is 0 Å². The smallest absolute Gasteiger partial charge is 0.0912 e. The third kappa shape index (κ3) is 2.97. The third-order valence-electron chi connectivity index (χ3n) is 3.16. The van der Waals surface area contributed by atoms with Gasteiger partial charge in [-0.2, -0.15) is 10.4 Å². The minimum absolute atomic E-state index is 0.133. The van der Waals surface area contributed by atoms with E-state index in [0.717, 1.165) is 11.1 Å². The molecule has 2 aromatic rings. The van der Waals surface area contributed by atoms with Crippen LogP contribution in [0, 0.1) is 11.3 Å². The molecule has 1 unspecified atom stereocenters. The topological polar surface area (TPSA) is 41.6 Å². The van der Waals surface area contributed by atoms with E-state index in [4.69, 9.17) is 16.9 Å². The highest BCUT2D eigenvalue weighted by Gasteiger charge is 2.17. The summed E-state index contributed by atoms with van der Waals surface area (Å²) in [6.45, 7) is 4.24. The van der Waals surface area contributed by atoms with Gasteiger partial charge >= 0.3 is 0 Å². The first-order chi connectivity index (χ1) is 9.13. The number of benzene rings is 1. The fraction of sp³-hybridized carbons (Fsp3) is 0.333. The maximum Gasteiger partial charge on any atom is 0.0912 e. The van der Waals surface area contributed by atoms with Gasteiger partial charge in [-0.3, -0.25) is 4.68 Å². The lowest BCUT2D eigenvalue weighted by Crippen LogP contribution is -2.11. The molecule has 2 rings (SSSR count). The molecule has 3 nitrogen and oxygen atoms in total. The van der Waals surface area contributed by atoms with Crippen LogP contribution in [-0.2, 0) is 0 Å². The Morgan fingerprint density at radius 3 is 2.68 bits per heavy atom. The monoisotopic (exact) mass is 273 g/mol. The van der Waals surface area contributed by atoms with Crippen LogP contribution in [0.4, 0.5) is 0 Å². The van der Waals surface area contributed by atoms with Crippen molar-refractivity contribution in [3.8, 4) is 6.07 Å². The highest BCUT2D eigenvalue weighted by Crippen LogP contribution is 2.28. The van der Waals surface area contributed by atoms with Gasteiger partial charge in [0, 0.05) is 11.2 Å². The number of halogens is 1. The molecule has 1 heterocycles. The maximum atomic E-state index is 9.03. The van der Waals surface area contributed by atoms with Crippen molar-refractivity contribution in [3.05, 3.63) is 52.8 Å². The highest BCUT2D eigenvalue weighted by molar-refractivity contribution is 6.31. The Labute approximate surface area is 118 Å². The van der Waals surface area contributed by atoms with E-state index >= 15 is 0 Å². The van der Waals surface area contributed by atoms with Crippen LogP contribution in [0.1, 0.15) is 43.4 Å². The maximum absolute atomic E-state index is 9.03. The van der Waals surface area contributed by atoms with E-state index < -0.39 is 0 Å². The van der Waals surface area contributed by atoms with Crippen molar-refractivity contribution in [2.24, 2.45) is 0 Å². The number of rotatable bonds is 4. The fourth-order valence-corrected chi connectivity index (χ4v) is 2.26. The van der Waals surface area contributed by atoms with Gasteiger partial charge in [0.25, 0.3) is 0 Å². The zero-order valence-corrected chi connectivity index (χ0v) is 11.8. The van der Waals surface area contributed by atoms with Crippen LogP contribution in [0.2, 0.25) is 5.02 Å². The van der Waals surface area contributed by atoms with Gasteiger partial charge in [-0.25, -0.2) is 0 Å². The molecule has 0 bridgehead atoms. The first-order valence-electron chi connectivity index (χ1n) is 6.29. The third-order valence-corrected chi connectivity index (χ3v) is 3.50. The Morgan fingerprint density at radius 2 is 2.11 bits per heavy atom. The van der Waals surface area contributed by atoms with Crippen LogP contribution in [0.25, 0.3) is 0 Å². The van der Waals surface area contributed by atoms with E-state index in [1.807, 2.05) is 41.3 Å². The van der Waals surface area contributed by atoms with Crippen molar-refractivity contribution in [1.82, 2.24) is 9.78 Å². The van der Waals surface area contributed by atoms with Gasteiger partial charge in [0.05, 0.1) is 24.7 Å². The van der Waals surface area contributed by atoms with Crippen LogP contribution in [0.15, 0.2) is 36.7 Å². The van der Waals surface area contributed by atoms with Crippen molar-refractivity contribution in [1.29, 1.82) is 5.26 Å². The minimum atomic E-state index is -0.133. The number of aromatic nitrogens is 2. The Kier molecular flexibility index (Phi) is 4.24. The summed E-state index contributed by atoms with van der Waals surface area (Å²) < 4.78 is 1.83. The molecule has 1 aromatic carbocycles. The second kappa shape index (κ2) is 5.90. The molecular formula is C15H16ClN3. The molecule has 1 atom stereocenters. The van der Waals surface area contributed by atoms with Gasteiger partial charge in [-0.05, 0) is 23.1 Å². The molecule has 98 valence electrons. The average molecular weight is 274 g/mol. The lowest BCUT2D eigenvalue weighted by Gasteiger charge is -2.16. The Hall–Kier alpha value is -1.79. The van der Waals surface area contributed by atoms with Gasteiger partial charge in [-0.1, -0.05) is 43.6 Å². The van der Waals surface area contributed by atoms with E-state index in [9.17, 15) is 0 Å². The molecule has 1 aromatic heterocycles. The standard InChI is InChI=1S/C15H16ClN3/c1-11(2)12-9-18-19(10-12)15(7-8-17)13-5-3-4-6-14(13)16/h3-6,9-11,15H,7H2,1-2H3. The number of hydrogen-bond acceptors (Lipinski definition) is 2. The van der Waals surface area contributed by atoms with Crippen LogP contribution in [0.3, 0.4) is 0 Å². The van der Waals surface area contributed by atoms with Gasteiger partial charge in [-0.15, -0.1) is 0 Å². The first-order valence-corrected chi connectivity index (χ1v) is 6.66. The summed E-state index contributed by atoms with van der Waals surface area (Å²) in [7, 11) is 0. The summed E-state index contributed by atoms with van der Waals surface area (Å²) in [6, 6.07) is 9.68. The van der Waals surface area contributed by atoms with E-state index in [-0.39, 0.29) is 6.04 Å². The molecular weight excluding hydrogens is 258 g/mol. The lowest BCUT2D eigenvalue weighted by molar-refractivity contribution is 0.531. The molecule has 0 saturated carbocycles. The molecule has 0 spiro atoms. The molecule has 0 aliphatic heterocycles. The minimum Gasteiger partial charge on any atom is -0.264 e. The second-order valence-electron chi connectivity index (χ2n) is 4.81. The average Bonchev–Trinajstić information content (AvgIpc) is 2.86. The Morgan fingerprint density at radius 1 is 1.37 bits per heavy atom. The van der Waals surface area contributed by atoms with Crippen molar-refractivity contribution < 1.29 is 0 Å². The Balaban J connectivity index is 2.40. The summed E-state index contributed by atoms with van der Waals surface area (Å²) in [5, 5.41) is 14.1. The van der Waals surface area contributed by atoms with Crippen LogP contribution in [-0.4, -0.2) is 9.78 Å². The number of nitrogens with zero attached hydrogens (tertiary/aromatic N) is 3. The van der Waals surface area contributed by atoms with Crippen molar-refractivity contribution in [2.45, 2.75) is 32.2 Å². The largest absolute Gasteiger partial charge is 0.264 e. The quantitative estimate of drug-likeness (QED) is 0.839. The van der Waals surface area contributed by atoms with Gasteiger partial charge in [0.15, 0.2) is 0 Å². The van der Waals surface area contributed by atoms with Gasteiger partial charge < -0.3 is 0 Å². The number of nitriles is 1. The fourth-order valence-electron chi connectivity index (χ4n) is 2.00. The van der Waals surface area contributed by atoms with Gasteiger partial charge in [0.2, 0.25) is 0 Å². The molecule has 0 aliphatic rings. The van der Waals surface area contributed by atoms with Crippen LogP contribution in [0.5, 0.6) is 0 Å². The SMILES string of the molecule is CC(C)c1cnn(C(CC#N)c2ccccc2Cl)c1.